The fourth-order valence-corrected chi connectivity index (χ4v) is 5.72. The van der Waals surface area contributed by atoms with Crippen molar-refractivity contribution in [2.24, 2.45) is 0 Å². The van der Waals surface area contributed by atoms with Gasteiger partial charge in [0.2, 0.25) is 0 Å². The molecule has 1 amide bonds. The van der Waals surface area contributed by atoms with Gasteiger partial charge in [-0.05, 0) is 54.0 Å². The molecule has 192 valence electrons. The van der Waals surface area contributed by atoms with Gasteiger partial charge in [0, 0.05) is 23.9 Å². The van der Waals surface area contributed by atoms with Crippen molar-refractivity contribution in [3.8, 4) is 28.1 Å². The van der Waals surface area contributed by atoms with Gasteiger partial charge in [-0.25, -0.2) is 0 Å². The lowest BCUT2D eigenvalue weighted by atomic mass is 9.95. The van der Waals surface area contributed by atoms with E-state index in [1.165, 1.54) is 11.1 Å². The number of para-hydroxylation sites is 2. The number of ether oxygens (including phenoxy) is 1. The van der Waals surface area contributed by atoms with Crippen molar-refractivity contribution < 1.29 is 9.53 Å². The van der Waals surface area contributed by atoms with Crippen LogP contribution in [0.4, 0.5) is 5.69 Å². The average molecular weight is 504 g/mol. The molecule has 5 nitrogen and oxygen atoms in total. The number of amides is 1. The lowest BCUT2D eigenvalue weighted by Crippen LogP contribution is -2.16. The Morgan fingerprint density at radius 1 is 0.895 bits per heavy atom. The first kappa shape index (κ1) is 24.1. The maximum atomic E-state index is 14.2. The van der Waals surface area contributed by atoms with Crippen molar-refractivity contribution in [2.45, 2.75) is 45.6 Å². The minimum Gasteiger partial charge on any atom is -0.495 e. The van der Waals surface area contributed by atoms with Crippen LogP contribution in [0.15, 0.2) is 85.1 Å². The second-order valence-electron chi connectivity index (χ2n) is 10.3. The zero-order valence-electron chi connectivity index (χ0n) is 22.2. The monoisotopic (exact) mass is 503 g/mol. The van der Waals surface area contributed by atoms with Crippen LogP contribution in [0.25, 0.3) is 28.0 Å². The van der Waals surface area contributed by atoms with Crippen molar-refractivity contribution >= 4 is 17.2 Å². The topological polar surface area (TPSA) is 47.7 Å². The number of carbonyl (C=O) groups excluding carboxylic acids is 1. The first-order valence-corrected chi connectivity index (χ1v) is 13.4. The summed E-state index contributed by atoms with van der Waals surface area (Å²) < 4.78 is 10.1. The third-order valence-electron chi connectivity index (χ3n) is 7.64. The summed E-state index contributed by atoms with van der Waals surface area (Å²) in [5.41, 5.74) is 9.37. The summed E-state index contributed by atoms with van der Waals surface area (Å²) in [6.45, 7) is 5.34. The van der Waals surface area contributed by atoms with Gasteiger partial charge < -0.3 is 14.6 Å². The number of hydrogen-bond acceptors (Lipinski definition) is 2. The number of carbonyl (C=O) groups is 1. The number of imidazole rings is 1. The molecule has 0 aliphatic carbocycles. The Morgan fingerprint density at radius 2 is 1.63 bits per heavy atom. The van der Waals surface area contributed by atoms with Crippen LogP contribution in [0.5, 0.6) is 5.75 Å². The Labute approximate surface area is 223 Å². The SMILES string of the molecule is COc1ccccc1NC(=O)c1c(-c2ccc(C(C)C)cc2)c2c3n(c(-c4ccccc4)cn13)CCCC2. The van der Waals surface area contributed by atoms with Crippen molar-refractivity contribution in [1.29, 1.82) is 0 Å². The van der Waals surface area contributed by atoms with Gasteiger partial charge in [0.05, 0.1) is 18.5 Å². The van der Waals surface area contributed by atoms with Crippen LogP contribution in [0.1, 0.15) is 54.2 Å². The van der Waals surface area contributed by atoms with Crippen molar-refractivity contribution in [3.05, 3.63) is 102 Å². The van der Waals surface area contributed by atoms with E-state index in [1.807, 2.05) is 30.3 Å². The summed E-state index contributed by atoms with van der Waals surface area (Å²) in [7, 11) is 1.62. The van der Waals surface area contributed by atoms with E-state index in [1.54, 1.807) is 7.11 Å². The number of benzene rings is 3. The third-order valence-corrected chi connectivity index (χ3v) is 7.64. The van der Waals surface area contributed by atoms with Gasteiger partial charge in [0.15, 0.2) is 0 Å². The second kappa shape index (κ2) is 9.90. The van der Waals surface area contributed by atoms with Crippen LogP contribution in [0.2, 0.25) is 0 Å². The molecule has 2 aromatic heterocycles. The van der Waals surface area contributed by atoms with Crippen LogP contribution >= 0.6 is 0 Å². The molecule has 0 bridgehead atoms. The standard InChI is InChI=1S/C33H33N3O2/c1-22(2)23-16-18-25(19-17-23)30-26-13-9-10-20-35-28(24-11-5-4-6-12-24)21-36(33(26)35)31(30)32(37)34-27-14-7-8-15-29(27)38-3/h4-8,11-12,14-19,21-22H,9-10,13,20H2,1-3H3,(H,34,37). The second-order valence-corrected chi connectivity index (χ2v) is 10.3. The minimum absolute atomic E-state index is 0.143. The Balaban J connectivity index is 1.59. The molecule has 0 spiro atoms. The van der Waals surface area contributed by atoms with Crippen molar-refractivity contribution in [2.75, 3.05) is 12.4 Å². The minimum atomic E-state index is -0.143. The maximum Gasteiger partial charge on any atom is 0.273 e. The number of aromatic nitrogens is 2. The van der Waals surface area contributed by atoms with Crippen LogP contribution in [0, 0.1) is 0 Å². The first-order chi connectivity index (χ1) is 18.6. The Kier molecular flexibility index (Phi) is 6.28. The molecule has 6 rings (SSSR count). The molecule has 0 saturated heterocycles. The highest BCUT2D eigenvalue weighted by Crippen LogP contribution is 2.40. The van der Waals surface area contributed by atoms with Gasteiger partial charge in [-0.3, -0.25) is 9.20 Å². The fourth-order valence-electron chi connectivity index (χ4n) is 5.72. The predicted molar refractivity (Wildman–Crippen MR) is 154 cm³/mol. The molecule has 38 heavy (non-hydrogen) atoms. The van der Waals surface area contributed by atoms with Gasteiger partial charge in [0.1, 0.15) is 17.1 Å². The normalized spacial score (nSPS) is 13.1. The molecular weight excluding hydrogens is 470 g/mol. The van der Waals surface area contributed by atoms with Crippen molar-refractivity contribution in [1.82, 2.24) is 8.97 Å². The van der Waals surface area contributed by atoms with E-state index in [4.69, 9.17) is 4.74 Å². The van der Waals surface area contributed by atoms with E-state index in [-0.39, 0.29) is 5.91 Å². The number of rotatable bonds is 6. The quantitative estimate of drug-likeness (QED) is 0.257. The highest BCUT2D eigenvalue weighted by atomic mass is 16.5. The van der Waals surface area contributed by atoms with Crippen molar-refractivity contribution in [3.63, 3.8) is 0 Å². The zero-order chi connectivity index (χ0) is 26.2. The summed E-state index contributed by atoms with van der Waals surface area (Å²) in [4.78, 5) is 14.2. The largest absolute Gasteiger partial charge is 0.495 e. The summed E-state index contributed by atoms with van der Waals surface area (Å²) in [5, 5.41) is 3.16. The van der Waals surface area contributed by atoms with Crippen LogP contribution < -0.4 is 10.1 Å². The van der Waals surface area contributed by atoms with Gasteiger partial charge in [-0.2, -0.15) is 0 Å². The lowest BCUT2D eigenvalue weighted by Gasteiger charge is -2.13. The highest BCUT2D eigenvalue weighted by molar-refractivity contribution is 6.10. The summed E-state index contributed by atoms with van der Waals surface area (Å²) in [5.74, 6) is 0.946. The van der Waals surface area contributed by atoms with E-state index < -0.39 is 0 Å². The molecule has 1 N–H and O–H groups in total. The molecule has 0 atom stereocenters. The van der Waals surface area contributed by atoms with E-state index in [9.17, 15) is 4.79 Å². The number of methoxy groups -OCH3 is 1. The molecular formula is C33H33N3O2. The summed E-state index contributed by atoms with van der Waals surface area (Å²) in [6.07, 6.45) is 5.26. The molecule has 0 radical (unpaired) electrons. The van der Waals surface area contributed by atoms with Gasteiger partial charge >= 0.3 is 0 Å². The highest BCUT2D eigenvalue weighted by Gasteiger charge is 2.30. The smallest absolute Gasteiger partial charge is 0.273 e. The van der Waals surface area contributed by atoms with Gasteiger partial charge in [-0.1, -0.05) is 80.6 Å². The molecule has 3 aromatic carbocycles. The number of anilines is 1. The summed E-state index contributed by atoms with van der Waals surface area (Å²) >= 11 is 0. The van der Waals surface area contributed by atoms with E-state index in [2.05, 4.69) is 82.9 Å². The molecule has 1 aliphatic rings. The average Bonchev–Trinajstić information content (AvgIpc) is 3.37. The molecule has 0 fully saturated rings. The molecule has 5 heteroatoms. The molecule has 0 unspecified atom stereocenters. The maximum absolute atomic E-state index is 14.2. The molecule has 0 saturated carbocycles. The third kappa shape index (κ3) is 4.08. The van der Waals surface area contributed by atoms with Gasteiger partial charge in [-0.15, -0.1) is 0 Å². The molecule has 1 aliphatic heterocycles. The molecule has 5 aromatic rings. The van der Waals surface area contributed by atoms with Crippen LogP contribution in [0.3, 0.4) is 0 Å². The molecule has 3 heterocycles. The van der Waals surface area contributed by atoms with Crippen LogP contribution in [-0.2, 0) is 13.0 Å². The predicted octanol–water partition coefficient (Wildman–Crippen LogP) is 7.80. The van der Waals surface area contributed by atoms with E-state index in [0.29, 0.717) is 23.0 Å². The zero-order valence-corrected chi connectivity index (χ0v) is 22.2. The Hall–Kier alpha value is -4.25. The lowest BCUT2D eigenvalue weighted by molar-refractivity contribution is 0.102. The van der Waals surface area contributed by atoms with Gasteiger partial charge in [0.25, 0.3) is 5.91 Å². The fraction of sp³-hybridized carbons (Fsp3) is 0.242. The Morgan fingerprint density at radius 3 is 2.37 bits per heavy atom. The number of nitrogens with one attached hydrogen (secondary N) is 1. The first-order valence-electron chi connectivity index (χ1n) is 13.4. The van der Waals surface area contributed by atoms with E-state index in [0.717, 1.165) is 53.8 Å². The van der Waals surface area contributed by atoms with E-state index >= 15 is 0 Å². The Bertz CT molecular complexity index is 1610. The number of aryl methyl sites for hydroxylation is 2. The van der Waals surface area contributed by atoms with Crippen LogP contribution in [-0.4, -0.2) is 22.0 Å². The number of hydrogen-bond donors (Lipinski definition) is 1. The summed E-state index contributed by atoms with van der Waals surface area (Å²) in [6, 6.07) is 26.7. The number of nitrogens with zero attached hydrogens (tertiary/aromatic N) is 2.